The summed E-state index contributed by atoms with van der Waals surface area (Å²) in [5.41, 5.74) is 3.60. The second kappa shape index (κ2) is 5.78. The molecule has 0 saturated heterocycles. The summed E-state index contributed by atoms with van der Waals surface area (Å²) in [5.74, 6) is 0.227. The number of fused-ring (bicyclic) bond motifs is 1. The first-order valence-electron chi connectivity index (χ1n) is 7.51. The second-order valence-electron chi connectivity index (χ2n) is 5.78. The molecular weight excluding hydrogens is 262 g/mol. The first-order chi connectivity index (χ1) is 10.1. The quantitative estimate of drug-likeness (QED) is 0.802. The van der Waals surface area contributed by atoms with Gasteiger partial charge in [0.2, 0.25) is 0 Å². The summed E-state index contributed by atoms with van der Waals surface area (Å²) in [5, 5.41) is 23.0. The van der Waals surface area contributed by atoms with Crippen LogP contribution >= 0.6 is 0 Å². The normalized spacial score (nSPS) is 19.0. The molecule has 3 rings (SSSR count). The SMILES string of the molecule is CC(NC1CCCc2ccccc21)c1ccc(O)cc1O. The van der Waals surface area contributed by atoms with Crippen molar-refractivity contribution in [3.05, 3.63) is 59.2 Å². The number of nitrogens with one attached hydrogen (secondary N) is 1. The molecule has 0 fully saturated rings. The molecule has 0 aromatic heterocycles. The zero-order valence-corrected chi connectivity index (χ0v) is 12.2. The van der Waals surface area contributed by atoms with Crippen LogP contribution in [0.1, 0.15) is 48.5 Å². The molecule has 3 N–H and O–H groups in total. The van der Waals surface area contributed by atoms with Gasteiger partial charge in [-0.05, 0) is 43.4 Å². The van der Waals surface area contributed by atoms with Gasteiger partial charge in [0.1, 0.15) is 11.5 Å². The molecule has 2 atom stereocenters. The third-order valence-electron chi connectivity index (χ3n) is 4.30. The lowest BCUT2D eigenvalue weighted by Crippen LogP contribution is -2.27. The van der Waals surface area contributed by atoms with Gasteiger partial charge in [0.25, 0.3) is 0 Å². The Hall–Kier alpha value is -2.00. The molecule has 21 heavy (non-hydrogen) atoms. The van der Waals surface area contributed by atoms with E-state index in [4.69, 9.17) is 0 Å². The molecule has 0 heterocycles. The van der Waals surface area contributed by atoms with Crippen molar-refractivity contribution in [2.24, 2.45) is 0 Å². The summed E-state index contributed by atoms with van der Waals surface area (Å²) in [6.45, 7) is 2.04. The third-order valence-corrected chi connectivity index (χ3v) is 4.30. The van der Waals surface area contributed by atoms with E-state index in [0.717, 1.165) is 18.4 Å². The highest BCUT2D eigenvalue weighted by Crippen LogP contribution is 2.34. The van der Waals surface area contributed by atoms with E-state index in [9.17, 15) is 10.2 Å². The average molecular weight is 283 g/mol. The zero-order valence-electron chi connectivity index (χ0n) is 12.2. The van der Waals surface area contributed by atoms with Gasteiger partial charge in [-0.15, -0.1) is 0 Å². The Morgan fingerprint density at radius 1 is 1.14 bits per heavy atom. The van der Waals surface area contributed by atoms with Gasteiger partial charge in [-0.2, -0.15) is 0 Å². The molecule has 1 aliphatic rings. The van der Waals surface area contributed by atoms with Crippen molar-refractivity contribution in [1.82, 2.24) is 5.32 Å². The van der Waals surface area contributed by atoms with Gasteiger partial charge in [0.15, 0.2) is 0 Å². The fourth-order valence-electron chi connectivity index (χ4n) is 3.22. The van der Waals surface area contributed by atoms with Gasteiger partial charge in [0, 0.05) is 23.7 Å². The monoisotopic (exact) mass is 283 g/mol. The van der Waals surface area contributed by atoms with E-state index in [-0.39, 0.29) is 17.5 Å². The highest BCUT2D eigenvalue weighted by molar-refractivity contribution is 5.41. The van der Waals surface area contributed by atoms with Crippen LogP contribution in [0.4, 0.5) is 0 Å². The number of phenols is 2. The van der Waals surface area contributed by atoms with Crippen molar-refractivity contribution in [3.63, 3.8) is 0 Å². The second-order valence-corrected chi connectivity index (χ2v) is 5.78. The lowest BCUT2D eigenvalue weighted by atomic mass is 9.87. The lowest BCUT2D eigenvalue weighted by Gasteiger charge is -2.29. The lowest BCUT2D eigenvalue weighted by molar-refractivity contribution is 0.397. The third kappa shape index (κ3) is 2.88. The van der Waals surface area contributed by atoms with Crippen LogP contribution in [0, 0.1) is 0 Å². The van der Waals surface area contributed by atoms with E-state index in [0.29, 0.717) is 6.04 Å². The minimum atomic E-state index is 0.0294. The largest absolute Gasteiger partial charge is 0.508 e. The van der Waals surface area contributed by atoms with Crippen molar-refractivity contribution in [2.45, 2.75) is 38.3 Å². The fourth-order valence-corrected chi connectivity index (χ4v) is 3.22. The maximum atomic E-state index is 9.99. The van der Waals surface area contributed by atoms with Crippen LogP contribution in [0.5, 0.6) is 11.5 Å². The molecule has 2 aromatic rings. The highest BCUT2D eigenvalue weighted by atomic mass is 16.3. The molecule has 2 aromatic carbocycles. The molecule has 0 aliphatic heterocycles. The number of aryl methyl sites for hydroxylation is 1. The van der Waals surface area contributed by atoms with Gasteiger partial charge in [-0.1, -0.05) is 30.3 Å². The molecule has 1 aliphatic carbocycles. The van der Waals surface area contributed by atoms with Gasteiger partial charge in [-0.25, -0.2) is 0 Å². The minimum Gasteiger partial charge on any atom is -0.508 e. The Kier molecular flexibility index (Phi) is 3.84. The van der Waals surface area contributed by atoms with Crippen molar-refractivity contribution >= 4 is 0 Å². The summed E-state index contributed by atoms with van der Waals surface area (Å²) < 4.78 is 0. The van der Waals surface area contributed by atoms with E-state index in [2.05, 4.69) is 29.6 Å². The highest BCUT2D eigenvalue weighted by Gasteiger charge is 2.22. The summed E-state index contributed by atoms with van der Waals surface area (Å²) in [7, 11) is 0. The molecule has 0 amide bonds. The fraction of sp³-hybridized carbons (Fsp3) is 0.333. The Morgan fingerprint density at radius 3 is 2.76 bits per heavy atom. The average Bonchev–Trinajstić information content (AvgIpc) is 2.47. The van der Waals surface area contributed by atoms with E-state index in [1.165, 1.54) is 23.6 Å². The summed E-state index contributed by atoms with van der Waals surface area (Å²) in [4.78, 5) is 0. The molecule has 0 radical (unpaired) electrons. The van der Waals surface area contributed by atoms with Gasteiger partial charge >= 0.3 is 0 Å². The first-order valence-corrected chi connectivity index (χ1v) is 7.51. The number of hydrogen-bond donors (Lipinski definition) is 3. The van der Waals surface area contributed by atoms with Crippen LogP contribution in [0.25, 0.3) is 0 Å². The molecule has 0 spiro atoms. The van der Waals surface area contributed by atoms with E-state index in [1.54, 1.807) is 12.1 Å². The van der Waals surface area contributed by atoms with Gasteiger partial charge < -0.3 is 15.5 Å². The number of phenolic OH excluding ortho intramolecular Hbond substituents is 2. The van der Waals surface area contributed by atoms with Gasteiger partial charge in [-0.3, -0.25) is 0 Å². The van der Waals surface area contributed by atoms with Crippen molar-refractivity contribution in [1.29, 1.82) is 0 Å². The number of aromatic hydroxyl groups is 2. The minimum absolute atomic E-state index is 0.0294. The molecule has 0 bridgehead atoms. The maximum absolute atomic E-state index is 9.99. The van der Waals surface area contributed by atoms with Crippen LogP contribution in [-0.2, 0) is 6.42 Å². The Morgan fingerprint density at radius 2 is 1.95 bits per heavy atom. The van der Waals surface area contributed by atoms with Gasteiger partial charge in [0.05, 0.1) is 0 Å². The summed E-state index contributed by atoms with van der Waals surface area (Å²) in [6, 6.07) is 13.7. The summed E-state index contributed by atoms with van der Waals surface area (Å²) in [6.07, 6.45) is 3.44. The first kappa shape index (κ1) is 14.0. The maximum Gasteiger partial charge on any atom is 0.124 e. The zero-order chi connectivity index (χ0) is 14.8. The van der Waals surface area contributed by atoms with Crippen molar-refractivity contribution < 1.29 is 10.2 Å². The van der Waals surface area contributed by atoms with Crippen LogP contribution in [0.15, 0.2) is 42.5 Å². The number of hydrogen-bond acceptors (Lipinski definition) is 3. The van der Waals surface area contributed by atoms with Crippen molar-refractivity contribution in [3.8, 4) is 11.5 Å². The molecular formula is C18H21NO2. The van der Waals surface area contributed by atoms with Crippen LogP contribution in [0.2, 0.25) is 0 Å². The number of benzene rings is 2. The molecule has 0 saturated carbocycles. The molecule has 110 valence electrons. The van der Waals surface area contributed by atoms with Crippen LogP contribution in [0.3, 0.4) is 0 Å². The van der Waals surface area contributed by atoms with E-state index < -0.39 is 0 Å². The Bertz CT molecular complexity index is 639. The predicted molar refractivity (Wildman–Crippen MR) is 83.4 cm³/mol. The Balaban J connectivity index is 1.81. The predicted octanol–water partition coefficient (Wildman–Crippen LogP) is 3.83. The topological polar surface area (TPSA) is 52.5 Å². The molecule has 2 unspecified atom stereocenters. The molecule has 3 nitrogen and oxygen atoms in total. The standard InChI is InChI=1S/C18H21NO2/c1-12(15-10-9-14(20)11-18(15)21)19-17-8-4-6-13-5-2-3-7-16(13)17/h2-3,5,7,9-12,17,19-21H,4,6,8H2,1H3. The van der Waals surface area contributed by atoms with Crippen molar-refractivity contribution in [2.75, 3.05) is 0 Å². The van der Waals surface area contributed by atoms with E-state index >= 15 is 0 Å². The van der Waals surface area contributed by atoms with Crippen LogP contribution in [-0.4, -0.2) is 10.2 Å². The van der Waals surface area contributed by atoms with E-state index in [1.807, 2.05) is 6.92 Å². The Labute approximate surface area is 125 Å². The van der Waals surface area contributed by atoms with Crippen LogP contribution < -0.4 is 5.32 Å². The molecule has 3 heteroatoms. The number of rotatable bonds is 3. The summed E-state index contributed by atoms with van der Waals surface area (Å²) >= 11 is 0. The smallest absolute Gasteiger partial charge is 0.124 e.